The van der Waals surface area contributed by atoms with E-state index in [1.165, 1.54) is 11.1 Å². The molecule has 3 nitrogen and oxygen atoms in total. The Bertz CT molecular complexity index is 887. The van der Waals surface area contributed by atoms with Crippen LogP contribution in [0.3, 0.4) is 0 Å². The molecule has 23 heavy (non-hydrogen) atoms. The summed E-state index contributed by atoms with van der Waals surface area (Å²) in [6.07, 6.45) is 2.01. The number of carbonyl (C=O) groups excluding carboxylic acids is 1. The standard InChI is InChI=1S/C20H18N2O/c1-22(19-13-11-14-6-2-4-8-16(14)19)20(23)18-12-10-15-7-3-5-9-17(15)21-18/h2-10,12,19H,11,13H2,1H3. The van der Waals surface area contributed by atoms with Crippen molar-refractivity contribution in [1.29, 1.82) is 0 Å². The number of para-hydroxylation sites is 1. The van der Waals surface area contributed by atoms with Gasteiger partial charge in [-0.15, -0.1) is 0 Å². The van der Waals surface area contributed by atoms with Crippen molar-refractivity contribution in [1.82, 2.24) is 9.88 Å². The van der Waals surface area contributed by atoms with E-state index in [9.17, 15) is 4.79 Å². The highest BCUT2D eigenvalue weighted by atomic mass is 16.2. The van der Waals surface area contributed by atoms with Gasteiger partial charge in [0.25, 0.3) is 5.91 Å². The molecule has 0 aliphatic heterocycles. The minimum Gasteiger partial charge on any atom is -0.333 e. The van der Waals surface area contributed by atoms with Crippen molar-refractivity contribution in [2.45, 2.75) is 18.9 Å². The van der Waals surface area contributed by atoms with Crippen LogP contribution in [0.25, 0.3) is 10.9 Å². The van der Waals surface area contributed by atoms with E-state index >= 15 is 0 Å². The van der Waals surface area contributed by atoms with Crippen molar-refractivity contribution >= 4 is 16.8 Å². The second-order valence-corrected chi connectivity index (χ2v) is 6.06. The molecule has 0 saturated heterocycles. The molecule has 3 heteroatoms. The number of hydrogen-bond donors (Lipinski definition) is 0. The molecule has 4 rings (SSSR count). The van der Waals surface area contributed by atoms with Crippen molar-refractivity contribution in [2.24, 2.45) is 0 Å². The second-order valence-electron chi connectivity index (χ2n) is 6.06. The summed E-state index contributed by atoms with van der Waals surface area (Å²) in [7, 11) is 1.88. The maximum Gasteiger partial charge on any atom is 0.272 e. The average Bonchev–Trinajstić information content (AvgIpc) is 3.04. The lowest BCUT2D eigenvalue weighted by molar-refractivity contribution is 0.0725. The summed E-state index contributed by atoms with van der Waals surface area (Å²) in [6.45, 7) is 0. The number of carbonyl (C=O) groups is 1. The van der Waals surface area contributed by atoms with Crippen LogP contribution in [0.5, 0.6) is 0 Å². The smallest absolute Gasteiger partial charge is 0.272 e. The van der Waals surface area contributed by atoms with E-state index in [4.69, 9.17) is 0 Å². The number of fused-ring (bicyclic) bond motifs is 2. The van der Waals surface area contributed by atoms with Crippen LogP contribution in [-0.2, 0) is 6.42 Å². The van der Waals surface area contributed by atoms with E-state index in [1.54, 1.807) is 0 Å². The van der Waals surface area contributed by atoms with Gasteiger partial charge in [0.2, 0.25) is 0 Å². The van der Waals surface area contributed by atoms with Crippen LogP contribution in [-0.4, -0.2) is 22.8 Å². The van der Waals surface area contributed by atoms with Crippen LogP contribution in [0.4, 0.5) is 0 Å². The summed E-state index contributed by atoms with van der Waals surface area (Å²) in [4.78, 5) is 19.2. The normalized spacial score (nSPS) is 16.3. The van der Waals surface area contributed by atoms with Gasteiger partial charge in [-0.3, -0.25) is 4.79 Å². The Morgan fingerprint density at radius 1 is 1.04 bits per heavy atom. The maximum absolute atomic E-state index is 12.8. The molecule has 0 bridgehead atoms. The third-order valence-electron chi connectivity index (χ3n) is 4.71. The Hall–Kier alpha value is -2.68. The molecule has 0 N–H and O–H groups in total. The molecule has 0 radical (unpaired) electrons. The quantitative estimate of drug-likeness (QED) is 0.717. The van der Waals surface area contributed by atoms with Gasteiger partial charge in [-0.05, 0) is 36.1 Å². The summed E-state index contributed by atoms with van der Waals surface area (Å²) in [5.74, 6) is -0.0162. The monoisotopic (exact) mass is 302 g/mol. The van der Waals surface area contributed by atoms with Gasteiger partial charge in [0.05, 0.1) is 11.6 Å². The number of rotatable bonds is 2. The SMILES string of the molecule is CN(C(=O)c1ccc2ccccc2n1)C1CCc2ccccc21. The Morgan fingerprint density at radius 3 is 2.74 bits per heavy atom. The first-order valence-electron chi connectivity index (χ1n) is 7.95. The minimum absolute atomic E-state index is 0.0162. The van der Waals surface area contributed by atoms with E-state index in [0.717, 1.165) is 23.7 Å². The maximum atomic E-state index is 12.8. The predicted octanol–water partition coefficient (Wildman–Crippen LogP) is 3.99. The van der Waals surface area contributed by atoms with Gasteiger partial charge < -0.3 is 4.90 Å². The first kappa shape index (κ1) is 13.9. The lowest BCUT2D eigenvalue weighted by atomic mass is 10.1. The van der Waals surface area contributed by atoms with Crippen LogP contribution in [0.15, 0.2) is 60.7 Å². The van der Waals surface area contributed by atoms with Crippen LogP contribution < -0.4 is 0 Å². The predicted molar refractivity (Wildman–Crippen MR) is 91.3 cm³/mol. The number of hydrogen-bond acceptors (Lipinski definition) is 2. The molecule has 0 spiro atoms. The third-order valence-corrected chi connectivity index (χ3v) is 4.71. The summed E-state index contributed by atoms with van der Waals surface area (Å²) in [5, 5.41) is 1.05. The second kappa shape index (κ2) is 5.51. The molecule has 1 heterocycles. The summed E-state index contributed by atoms with van der Waals surface area (Å²) in [6, 6.07) is 20.2. The number of nitrogens with zero attached hydrogens (tertiary/aromatic N) is 2. The lowest BCUT2D eigenvalue weighted by Gasteiger charge is -2.25. The van der Waals surface area contributed by atoms with Crippen LogP contribution >= 0.6 is 0 Å². The van der Waals surface area contributed by atoms with Crippen molar-refractivity contribution < 1.29 is 4.79 Å². The summed E-state index contributed by atoms with van der Waals surface area (Å²) < 4.78 is 0. The number of amides is 1. The minimum atomic E-state index is -0.0162. The zero-order valence-electron chi connectivity index (χ0n) is 13.1. The van der Waals surface area contributed by atoms with Gasteiger partial charge >= 0.3 is 0 Å². The average molecular weight is 302 g/mol. The Morgan fingerprint density at radius 2 is 1.83 bits per heavy atom. The van der Waals surface area contributed by atoms with Crippen molar-refractivity contribution in [3.05, 3.63) is 77.5 Å². The van der Waals surface area contributed by atoms with Gasteiger partial charge in [0.15, 0.2) is 0 Å². The largest absolute Gasteiger partial charge is 0.333 e. The van der Waals surface area contributed by atoms with Crippen LogP contribution in [0.2, 0.25) is 0 Å². The molecule has 1 aliphatic rings. The highest BCUT2D eigenvalue weighted by molar-refractivity contribution is 5.95. The first-order chi connectivity index (χ1) is 11.2. The molecule has 114 valence electrons. The van der Waals surface area contributed by atoms with Crippen molar-refractivity contribution in [3.63, 3.8) is 0 Å². The Kier molecular flexibility index (Phi) is 3.34. The molecule has 1 aromatic heterocycles. The van der Waals surface area contributed by atoms with Gasteiger partial charge in [-0.25, -0.2) is 4.98 Å². The Balaban J connectivity index is 1.65. The van der Waals surface area contributed by atoms with E-state index in [0.29, 0.717) is 5.69 Å². The molecule has 0 saturated carbocycles. The molecular formula is C20H18N2O. The van der Waals surface area contributed by atoms with Gasteiger partial charge in [-0.2, -0.15) is 0 Å². The molecule has 3 aromatic rings. The topological polar surface area (TPSA) is 33.2 Å². The molecule has 1 unspecified atom stereocenters. The van der Waals surface area contributed by atoms with Gasteiger partial charge in [-0.1, -0.05) is 48.5 Å². The molecule has 2 aromatic carbocycles. The fraction of sp³-hybridized carbons (Fsp3) is 0.200. The van der Waals surface area contributed by atoms with Gasteiger partial charge in [0, 0.05) is 12.4 Å². The zero-order valence-corrected chi connectivity index (χ0v) is 13.1. The highest BCUT2D eigenvalue weighted by Crippen LogP contribution is 2.35. The molecule has 0 fully saturated rings. The molecular weight excluding hydrogens is 284 g/mol. The summed E-state index contributed by atoms with van der Waals surface area (Å²) >= 11 is 0. The Labute approximate surface area is 135 Å². The van der Waals surface area contributed by atoms with E-state index in [2.05, 4.69) is 23.2 Å². The lowest BCUT2D eigenvalue weighted by Crippen LogP contribution is -2.30. The number of aryl methyl sites for hydroxylation is 1. The van der Waals surface area contributed by atoms with Crippen molar-refractivity contribution in [2.75, 3.05) is 7.05 Å². The fourth-order valence-electron chi connectivity index (χ4n) is 3.44. The van der Waals surface area contributed by atoms with E-state index in [1.807, 2.05) is 54.4 Å². The fourth-order valence-corrected chi connectivity index (χ4v) is 3.44. The van der Waals surface area contributed by atoms with E-state index in [-0.39, 0.29) is 11.9 Å². The third kappa shape index (κ3) is 2.38. The van der Waals surface area contributed by atoms with Crippen LogP contribution in [0.1, 0.15) is 34.1 Å². The van der Waals surface area contributed by atoms with Crippen molar-refractivity contribution in [3.8, 4) is 0 Å². The first-order valence-corrected chi connectivity index (χ1v) is 7.95. The zero-order chi connectivity index (χ0) is 15.8. The number of benzene rings is 2. The highest BCUT2D eigenvalue weighted by Gasteiger charge is 2.29. The summed E-state index contributed by atoms with van der Waals surface area (Å²) in [5.41, 5.74) is 3.99. The van der Waals surface area contributed by atoms with Crippen LogP contribution in [0, 0.1) is 0 Å². The van der Waals surface area contributed by atoms with Gasteiger partial charge in [0.1, 0.15) is 5.69 Å². The number of aromatic nitrogens is 1. The molecule has 1 aliphatic carbocycles. The number of pyridine rings is 1. The van der Waals surface area contributed by atoms with E-state index < -0.39 is 0 Å². The molecule has 1 amide bonds. The molecule has 1 atom stereocenters.